The third kappa shape index (κ3) is 6.66. The van der Waals surface area contributed by atoms with E-state index in [2.05, 4.69) is 49.2 Å². The van der Waals surface area contributed by atoms with Crippen LogP contribution in [0.4, 0.5) is 19.0 Å². The lowest BCUT2D eigenvalue weighted by Gasteiger charge is -2.39. The van der Waals surface area contributed by atoms with Gasteiger partial charge in [0.05, 0.1) is 5.56 Å². The van der Waals surface area contributed by atoms with Crippen molar-refractivity contribution in [2.24, 2.45) is 5.92 Å². The van der Waals surface area contributed by atoms with E-state index in [1.54, 1.807) is 13.0 Å². The molecule has 1 heterocycles. The molecular formula is C24H32F3N3S. The van der Waals surface area contributed by atoms with E-state index in [-0.39, 0.29) is 16.9 Å². The summed E-state index contributed by atoms with van der Waals surface area (Å²) in [6, 6.07) is 1.10. The van der Waals surface area contributed by atoms with E-state index < -0.39 is 11.7 Å². The van der Waals surface area contributed by atoms with E-state index >= 15 is 0 Å². The molecule has 0 aromatic carbocycles. The first-order chi connectivity index (χ1) is 14.4. The van der Waals surface area contributed by atoms with Crippen molar-refractivity contribution in [2.45, 2.75) is 58.7 Å². The van der Waals surface area contributed by atoms with Crippen LogP contribution in [-0.2, 0) is 6.18 Å². The smallest absolute Gasteiger partial charge is 0.384 e. The Kier molecular flexibility index (Phi) is 8.09. The van der Waals surface area contributed by atoms with Crippen LogP contribution in [0.5, 0.6) is 0 Å². The summed E-state index contributed by atoms with van der Waals surface area (Å²) in [6.07, 6.45) is 1.20. The van der Waals surface area contributed by atoms with Crippen molar-refractivity contribution >= 4 is 22.5 Å². The monoisotopic (exact) mass is 451 g/mol. The number of pyridine rings is 1. The number of nitrogens with one attached hydrogen (secondary N) is 2. The number of hydrogen-bond donors (Lipinski definition) is 2. The molecule has 1 aliphatic carbocycles. The van der Waals surface area contributed by atoms with Crippen LogP contribution < -0.4 is 10.6 Å². The van der Waals surface area contributed by atoms with Crippen LogP contribution in [0.1, 0.15) is 58.1 Å². The highest BCUT2D eigenvalue weighted by atomic mass is 32.2. The number of halogens is 3. The first-order valence-corrected chi connectivity index (χ1v) is 11.2. The van der Waals surface area contributed by atoms with Crippen LogP contribution in [-0.4, -0.2) is 17.1 Å². The molecule has 7 heteroatoms. The second-order valence-corrected chi connectivity index (χ2v) is 9.75. The highest BCUT2D eigenvalue weighted by Crippen LogP contribution is 2.44. The van der Waals surface area contributed by atoms with Gasteiger partial charge in [-0.1, -0.05) is 51.4 Å². The van der Waals surface area contributed by atoms with Crippen molar-refractivity contribution in [3.63, 3.8) is 0 Å². The van der Waals surface area contributed by atoms with Crippen molar-refractivity contribution < 1.29 is 13.2 Å². The summed E-state index contributed by atoms with van der Waals surface area (Å²) in [7, 11) is 0. The Balaban J connectivity index is 2.40. The minimum atomic E-state index is -4.53. The van der Waals surface area contributed by atoms with E-state index in [0.29, 0.717) is 33.5 Å². The van der Waals surface area contributed by atoms with Gasteiger partial charge in [-0.05, 0) is 50.7 Å². The molecule has 1 fully saturated rings. The fraction of sp³-hybridized carbons (Fsp3) is 0.458. The molecule has 2 N–H and O–H groups in total. The number of alkyl halides is 3. The van der Waals surface area contributed by atoms with Crippen LogP contribution in [0, 0.1) is 5.92 Å². The van der Waals surface area contributed by atoms with Gasteiger partial charge in [-0.25, -0.2) is 4.98 Å². The minimum absolute atomic E-state index is 0.0111. The normalized spacial score (nSPS) is 16.3. The third-order valence-corrected chi connectivity index (χ3v) is 6.53. The summed E-state index contributed by atoms with van der Waals surface area (Å²) in [5.74, 6) is 0.638. The lowest BCUT2D eigenvalue weighted by molar-refractivity contribution is -0.137. The van der Waals surface area contributed by atoms with Crippen LogP contribution in [0.15, 0.2) is 54.3 Å². The SMILES string of the molecule is C=C/C(C)=C(/SC(=C)C(=C)NCC(C)C)c1cnc(NC2(C)CCC2)cc1C(F)(F)F. The molecule has 2 rings (SSSR count). The standard InChI is InChI=1S/C24H32F3N3S/c1-8-16(4)22(31-18(6)17(5)28-13-15(2)3)19-14-29-21(12-20(19)24(25,26)27)30-23(7)10-9-11-23/h8,12,14-15,28H,1,5-6,9-11,13H2,2-4,7H3,(H,29,30)/b22-16+. The molecule has 0 amide bonds. The second kappa shape index (κ2) is 9.98. The predicted octanol–water partition coefficient (Wildman–Crippen LogP) is 7.38. The molecule has 0 atom stereocenters. The molecule has 0 unspecified atom stereocenters. The summed E-state index contributed by atoms with van der Waals surface area (Å²) in [5, 5.41) is 6.34. The first-order valence-electron chi connectivity index (χ1n) is 10.4. The molecule has 1 aromatic heterocycles. The van der Waals surface area contributed by atoms with Gasteiger partial charge in [0, 0.05) is 39.4 Å². The maximum Gasteiger partial charge on any atom is 0.417 e. The van der Waals surface area contributed by atoms with Crippen molar-refractivity contribution in [2.75, 3.05) is 11.9 Å². The molecule has 0 bridgehead atoms. The minimum Gasteiger partial charge on any atom is -0.384 e. The molecule has 0 spiro atoms. The fourth-order valence-electron chi connectivity index (χ4n) is 3.13. The number of allylic oxidation sites excluding steroid dienone is 2. The molecule has 31 heavy (non-hydrogen) atoms. The molecular weight excluding hydrogens is 419 g/mol. The van der Waals surface area contributed by atoms with E-state index in [0.717, 1.165) is 37.1 Å². The lowest BCUT2D eigenvalue weighted by Crippen LogP contribution is -2.41. The quantitative estimate of drug-likeness (QED) is 0.364. The van der Waals surface area contributed by atoms with Gasteiger partial charge in [0.2, 0.25) is 0 Å². The summed E-state index contributed by atoms with van der Waals surface area (Å²) < 4.78 is 42.1. The van der Waals surface area contributed by atoms with Crippen LogP contribution in [0.2, 0.25) is 0 Å². The van der Waals surface area contributed by atoms with Crippen molar-refractivity contribution in [1.29, 1.82) is 0 Å². The number of thioether (sulfide) groups is 1. The molecule has 0 aliphatic heterocycles. The molecule has 0 saturated heterocycles. The maximum atomic E-state index is 14.0. The number of rotatable bonds is 10. The van der Waals surface area contributed by atoms with Gasteiger partial charge in [0.15, 0.2) is 0 Å². The van der Waals surface area contributed by atoms with Gasteiger partial charge < -0.3 is 10.6 Å². The number of hydrogen-bond acceptors (Lipinski definition) is 4. The maximum absolute atomic E-state index is 14.0. The third-order valence-electron chi connectivity index (χ3n) is 5.29. The fourth-order valence-corrected chi connectivity index (χ4v) is 4.09. The van der Waals surface area contributed by atoms with E-state index in [1.165, 1.54) is 6.20 Å². The van der Waals surface area contributed by atoms with Crippen molar-refractivity contribution in [3.8, 4) is 0 Å². The summed E-state index contributed by atoms with van der Waals surface area (Å²) >= 11 is 1.15. The molecule has 0 radical (unpaired) electrons. The molecule has 1 saturated carbocycles. The zero-order valence-corrected chi connectivity index (χ0v) is 19.6. The van der Waals surface area contributed by atoms with E-state index in [4.69, 9.17) is 0 Å². The van der Waals surface area contributed by atoms with Gasteiger partial charge in [-0.15, -0.1) is 0 Å². The molecule has 1 aliphatic rings. The summed E-state index contributed by atoms with van der Waals surface area (Å²) in [4.78, 5) is 5.27. The van der Waals surface area contributed by atoms with Crippen molar-refractivity contribution in [1.82, 2.24) is 10.3 Å². The molecule has 170 valence electrons. The second-order valence-electron chi connectivity index (χ2n) is 8.65. The Morgan fingerprint density at radius 3 is 2.45 bits per heavy atom. The topological polar surface area (TPSA) is 37.0 Å². The average molecular weight is 452 g/mol. The predicted molar refractivity (Wildman–Crippen MR) is 127 cm³/mol. The average Bonchev–Trinajstić information content (AvgIpc) is 2.67. The zero-order valence-electron chi connectivity index (χ0n) is 18.7. The Hall–Kier alpha value is -2.15. The Labute approximate surface area is 188 Å². The number of anilines is 1. The lowest BCUT2D eigenvalue weighted by atomic mass is 9.78. The Bertz CT molecular complexity index is 881. The summed E-state index contributed by atoms with van der Waals surface area (Å²) in [6.45, 7) is 20.3. The van der Waals surface area contributed by atoms with Gasteiger partial charge in [0.25, 0.3) is 0 Å². The molecule has 1 aromatic rings. The van der Waals surface area contributed by atoms with E-state index in [9.17, 15) is 13.2 Å². The Morgan fingerprint density at radius 2 is 1.97 bits per heavy atom. The van der Waals surface area contributed by atoms with Crippen molar-refractivity contribution in [3.05, 3.63) is 65.4 Å². The van der Waals surface area contributed by atoms with Crippen LogP contribution in [0.25, 0.3) is 4.91 Å². The highest BCUT2D eigenvalue weighted by molar-refractivity contribution is 8.12. The van der Waals surface area contributed by atoms with Gasteiger partial charge in [0.1, 0.15) is 5.82 Å². The Morgan fingerprint density at radius 1 is 1.32 bits per heavy atom. The largest absolute Gasteiger partial charge is 0.417 e. The summed E-state index contributed by atoms with van der Waals surface area (Å²) in [5.41, 5.74) is 0.283. The first kappa shape index (κ1) is 25.1. The van der Waals surface area contributed by atoms with Gasteiger partial charge in [-0.3, -0.25) is 0 Å². The zero-order chi connectivity index (χ0) is 23.4. The van der Waals surface area contributed by atoms with Gasteiger partial charge >= 0.3 is 6.18 Å². The van der Waals surface area contributed by atoms with Crippen LogP contribution in [0.3, 0.4) is 0 Å². The number of aromatic nitrogens is 1. The van der Waals surface area contributed by atoms with Gasteiger partial charge in [-0.2, -0.15) is 13.2 Å². The van der Waals surface area contributed by atoms with Crippen LogP contribution >= 0.6 is 11.8 Å². The number of nitrogens with zero attached hydrogens (tertiary/aromatic N) is 1. The highest BCUT2D eigenvalue weighted by Gasteiger charge is 2.37. The molecule has 3 nitrogen and oxygen atoms in total. The van der Waals surface area contributed by atoms with E-state index in [1.807, 2.05) is 6.92 Å².